The summed E-state index contributed by atoms with van der Waals surface area (Å²) in [5, 5.41) is 3.57. The minimum atomic E-state index is -4.44. The molecule has 7 nitrogen and oxygen atoms in total. The zero-order valence-corrected chi connectivity index (χ0v) is 20.1. The van der Waals surface area contributed by atoms with E-state index in [1.54, 1.807) is 0 Å². The molecular weight excluding hydrogens is 490 g/mol. The van der Waals surface area contributed by atoms with Gasteiger partial charge in [-0.05, 0) is 73.3 Å². The maximum Gasteiger partial charge on any atom is 0.411 e. The smallest absolute Gasteiger partial charge is 0.411 e. The van der Waals surface area contributed by atoms with Gasteiger partial charge >= 0.3 is 6.18 Å². The number of oxazole rings is 1. The van der Waals surface area contributed by atoms with E-state index in [1.165, 1.54) is 29.8 Å². The molecule has 0 unspecified atom stereocenters. The summed E-state index contributed by atoms with van der Waals surface area (Å²) in [7, 11) is 0. The summed E-state index contributed by atoms with van der Waals surface area (Å²) in [6.07, 6.45) is -1.95. The monoisotopic (exact) mass is 517 g/mol. The summed E-state index contributed by atoms with van der Waals surface area (Å²) in [5.74, 6) is 0.394. The zero-order valence-electron chi connectivity index (χ0n) is 20.1. The number of ether oxygens (including phenoxy) is 1. The van der Waals surface area contributed by atoms with Crippen LogP contribution in [0.5, 0.6) is 0 Å². The van der Waals surface area contributed by atoms with E-state index in [9.17, 15) is 17.6 Å². The van der Waals surface area contributed by atoms with E-state index < -0.39 is 18.6 Å². The molecule has 0 atom stereocenters. The molecular formula is C26H27F4N5O2. The van der Waals surface area contributed by atoms with Gasteiger partial charge in [0.15, 0.2) is 11.7 Å². The minimum absolute atomic E-state index is 0.0341. The van der Waals surface area contributed by atoms with Crippen molar-refractivity contribution < 1.29 is 26.7 Å². The van der Waals surface area contributed by atoms with Gasteiger partial charge in [0.05, 0.1) is 13.2 Å². The molecule has 0 saturated carbocycles. The number of hydrogen-bond donors (Lipinski definition) is 0. The molecule has 1 aliphatic rings. The van der Waals surface area contributed by atoms with Crippen LogP contribution in [0.25, 0.3) is 21.8 Å². The van der Waals surface area contributed by atoms with E-state index in [0.29, 0.717) is 23.8 Å². The first-order chi connectivity index (χ1) is 17.8. The van der Waals surface area contributed by atoms with Gasteiger partial charge in [-0.2, -0.15) is 13.2 Å². The lowest BCUT2D eigenvalue weighted by molar-refractivity contribution is -0.176. The van der Waals surface area contributed by atoms with Crippen LogP contribution in [-0.2, 0) is 24.3 Å². The molecule has 0 radical (unpaired) electrons. The lowest BCUT2D eigenvalue weighted by atomic mass is 9.96. The highest BCUT2D eigenvalue weighted by molar-refractivity contribution is 5.59. The number of nitrogens with zero attached hydrogens (tertiary/aromatic N) is 5. The first-order valence-electron chi connectivity index (χ1n) is 12.0. The number of alkyl halides is 3. The Morgan fingerprint density at radius 3 is 2.38 bits per heavy atom. The van der Waals surface area contributed by atoms with E-state index in [2.05, 4.69) is 19.9 Å². The molecule has 0 N–H and O–H groups in total. The van der Waals surface area contributed by atoms with Crippen molar-refractivity contribution in [2.45, 2.75) is 44.5 Å². The van der Waals surface area contributed by atoms with Gasteiger partial charge in [0.1, 0.15) is 18.1 Å². The second-order valence-electron chi connectivity index (χ2n) is 9.01. The molecule has 0 spiro atoms. The average molecular weight is 518 g/mol. The molecule has 11 heteroatoms. The minimum Gasteiger partial charge on any atom is -0.440 e. The summed E-state index contributed by atoms with van der Waals surface area (Å²) < 4.78 is 61.9. The second-order valence-corrected chi connectivity index (χ2v) is 9.01. The van der Waals surface area contributed by atoms with Crippen LogP contribution < -0.4 is 0 Å². The highest BCUT2D eigenvalue weighted by Crippen LogP contribution is 2.33. The van der Waals surface area contributed by atoms with Crippen LogP contribution in [0.2, 0.25) is 0 Å². The van der Waals surface area contributed by atoms with Crippen molar-refractivity contribution in [3.63, 3.8) is 0 Å². The molecule has 1 aromatic heterocycles. The van der Waals surface area contributed by atoms with Crippen molar-refractivity contribution in [3.05, 3.63) is 87.5 Å². The lowest BCUT2D eigenvalue weighted by Crippen LogP contribution is -2.34. The van der Waals surface area contributed by atoms with Crippen molar-refractivity contribution in [1.82, 2.24) is 9.88 Å². The van der Waals surface area contributed by atoms with Gasteiger partial charge in [0, 0.05) is 22.9 Å². The topological polar surface area (TPSA) is 87.3 Å². The highest BCUT2D eigenvalue weighted by Gasteiger charge is 2.29. The number of hydrogen-bond acceptors (Lipinski definition) is 5. The molecule has 1 fully saturated rings. The van der Waals surface area contributed by atoms with Gasteiger partial charge in [-0.25, -0.2) is 9.37 Å². The van der Waals surface area contributed by atoms with Crippen molar-refractivity contribution >= 4 is 0 Å². The Morgan fingerprint density at radius 2 is 1.73 bits per heavy atom. The molecule has 37 heavy (non-hydrogen) atoms. The van der Waals surface area contributed by atoms with E-state index in [0.717, 1.165) is 44.5 Å². The summed E-state index contributed by atoms with van der Waals surface area (Å²) in [6.45, 7) is 1.18. The Labute approximate surface area is 211 Å². The fourth-order valence-corrected chi connectivity index (χ4v) is 4.35. The molecule has 2 aromatic carbocycles. The molecule has 1 aliphatic heterocycles. The van der Waals surface area contributed by atoms with Gasteiger partial charge in [-0.3, -0.25) is 0 Å². The molecule has 0 aliphatic carbocycles. The quantitative estimate of drug-likeness (QED) is 0.128. The third-order valence-corrected chi connectivity index (χ3v) is 6.32. The summed E-state index contributed by atoms with van der Waals surface area (Å²) in [5.41, 5.74) is 11.4. The molecule has 2 heterocycles. The molecule has 0 bridgehead atoms. The largest absolute Gasteiger partial charge is 0.440 e. The van der Waals surface area contributed by atoms with E-state index in [1.807, 2.05) is 24.3 Å². The van der Waals surface area contributed by atoms with E-state index >= 15 is 0 Å². The summed E-state index contributed by atoms with van der Waals surface area (Å²) >= 11 is 0. The second kappa shape index (κ2) is 12.2. The fraction of sp³-hybridized carbons (Fsp3) is 0.423. The van der Waals surface area contributed by atoms with E-state index in [4.69, 9.17) is 14.7 Å². The van der Waals surface area contributed by atoms with Gasteiger partial charge in [-0.1, -0.05) is 29.4 Å². The summed E-state index contributed by atoms with van der Waals surface area (Å²) in [4.78, 5) is 9.63. The van der Waals surface area contributed by atoms with Gasteiger partial charge < -0.3 is 14.1 Å². The molecule has 4 rings (SSSR count). The fourth-order valence-electron chi connectivity index (χ4n) is 4.35. The first kappa shape index (κ1) is 26.7. The Morgan fingerprint density at radius 1 is 1.05 bits per heavy atom. The number of likely N-dealkylation sites (tertiary alicyclic amines) is 1. The van der Waals surface area contributed by atoms with Crippen molar-refractivity contribution in [2.24, 2.45) is 5.11 Å². The number of halogens is 4. The molecule has 196 valence electrons. The Balaban J connectivity index is 1.36. The van der Waals surface area contributed by atoms with Crippen LogP contribution in [0.4, 0.5) is 17.6 Å². The number of piperidine rings is 1. The predicted molar refractivity (Wildman–Crippen MR) is 129 cm³/mol. The predicted octanol–water partition coefficient (Wildman–Crippen LogP) is 6.79. The van der Waals surface area contributed by atoms with Gasteiger partial charge in [0.25, 0.3) is 0 Å². The Hall–Kier alpha value is -3.40. The maximum atomic E-state index is 13.4. The van der Waals surface area contributed by atoms with Crippen molar-refractivity contribution in [2.75, 3.05) is 26.2 Å². The van der Waals surface area contributed by atoms with Gasteiger partial charge in [0.2, 0.25) is 0 Å². The Bertz CT molecular complexity index is 1200. The molecule has 1 saturated heterocycles. The third-order valence-electron chi connectivity index (χ3n) is 6.32. The molecule has 3 aromatic rings. The number of rotatable bonds is 10. The average Bonchev–Trinajstić information content (AvgIpc) is 3.31. The first-order valence-corrected chi connectivity index (χ1v) is 12.0. The van der Waals surface area contributed by atoms with Crippen LogP contribution in [0.15, 0.2) is 58.1 Å². The number of aromatic nitrogens is 1. The highest BCUT2D eigenvalue weighted by atomic mass is 19.4. The standard InChI is InChI=1S/C26H27F4N5O2/c27-22-7-5-20(6-8-22)24-23(16-36-17-26(28,29)30)33-25(37-24)21-10-13-35(14-11-21)12-9-18-1-3-19(4-2-18)15-32-34-31/h1-8,21H,9-17H2. The molecule has 0 amide bonds. The van der Waals surface area contributed by atoms with Crippen molar-refractivity contribution in [3.8, 4) is 11.3 Å². The van der Waals surface area contributed by atoms with Gasteiger partial charge in [-0.15, -0.1) is 0 Å². The number of benzene rings is 2. The van der Waals surface area contributed by atoms with Crippen molar-refractivity contribution in [1.29, 1.82) is 0 Å². The van der Waals surface area contributed by atoms with Crippen LogP contribution in [-0.4, -0.2) is 42.3 Å². The zero-order chi connectivity index (χ0) is 26.3. The number of azide groups is 1. The van der Waals surface area contributed by atoms with Crippen LogP contribution in [0, 0.1) is 5.82 Å². The van der Waals surface area contributed by atoms with Crippen LogP contribution in [0.1, 0.15) is 41.5 Å². The summed E-state index contributed by atoms with van der Waals surface area (Å²) in [6, 6.07) is 13.6. The maximum absolute atomic E-state index is 13.4. The van der Waals surface area contributed by atoms with Crippen LogP contribution >= 0.6 is 0 Å². The lowest BCUT2D eigenvalue weighted by Gasteiger charge is -2.30. The van der Waals surface area contributed by atoms with E-state index in [-0.39, 0.29) is 18.2 Å². The normalized spacial score (nSPS) is 15.0. The SMILES string of the molecule is [N-]=[N+]=NCc1ccc(CCN2CCC(c3nc(COCC(F)(F)F)c(-c4ccc(F)cc4)o3)CC2)cc1. The Kier molecular flexibility index (Phi) is 8.81. The third kappa shape index (κ3) is 7.79. The van der Waals surface area contributed by atoms with Crippen LogP contribution in [0.3, 0.4) is 0 Å².